The molecule has 0 saturated heterocycles. The fraction of sp³-hybridized carbons (Fsp3) is 0.0769. The molecule has 1 aromatic carbocycles. The van der Waals surface area contributed by atoms with Crippen LogP contribution in [0.3, 0.4) is 0 Å². The Balaban J connectivity index is 2.59. The summed E-state index contributed by atoms with van der Waals surface area (Å²) in [5, 5.41) is 8.69. The van der Waals surface area contributed by atoms with E-state index in [9.17, 15) is 18.0 Å². The molecule has 7 heteroatoms. The Bertz CT molecular complexity index is 671. The molecule has 0 aliphatic rings. The van der Waals surface area contributed by atoms with E-state index in [4.69, 9.17) is 16.7 Å². The molecule has 0 amide bonds. The van der Waals surface area contributed by atoms with Crippen LogP contribution in [0.4, 0.5) is 13.2 Å². The number of carboxylic acids is 1. The van der Waals surface area contributed by atoms with E-state index < -0.39 is 17.7 Å². The van der Waals surface area contributed by atoms with Gasteiger partial charge in [0.05, 0.1) is 21.8 Å². The highest BCUT2D eigenvalue weighted by Gasteiger charge is 2.34. The first kappa shape index (κ1) is 14.3. The average molecular weight is 302 g/mol. The maximum absolute atomic E-state index is 12.9. The number of hydrogen-bond donors (Lipinski definition) is 1. The fourth-order valence-corrected chi connectivity index (χ4v) is 1.96. The average Bonchev–Trinajstić information content (AvgIpc) is 2.37. The van der Waals surface area contributed by atoms with Crippen LogP contribution in [0.25, 0.3) is 11.3 Å². The van der Waals surface area contributed by atoms with Gasteiger partial charge in [0.15, 0.2) is 0 Å². The number of halogens is 4. The summed E-state index contributed by atoms with van der Waals surface area (Å²) in [5.41, 5.74) is -1.27. The number of hydrogen-bond acceptors (Lipinski definition) is 2. The van der Waals surface area contributed by atoms with Gasteiger partial charge < -0.3 is 5.11 Å². The minimum absolute atomic E-state index is 0.105. The Morgan fingerprint density at radius 3 is 2.50 bits per heavy atom. The van der Waals surface area contributed by atoms with Crippen molar-refractivity contribution in [2.24, 2.45) is 0 Å². The molecular weight excluding hydrogens is 295 g/mol. The Morgan fingerprint density at radius 2 is 1.95 bits per heavy atom. The second-order valence-corrected chi connectivity index (χ2v) is 4.30. The largest absolute Gasteiger partial charge is 0.478 e. The second-order valence-electron chi connectivity index (χ2n) is 3.90. The van der Waals surface area contributed by atoms with Crippen molar-refractivity contribution in [1.29, 1.82) is 0 Å². The maximum Gasteiger partial charge on any atom is 0.418 e. The molecule has 3 nitrogen and oxygen atoms in total. The van der Waals surface area contributed by atoms with Crippen LogP contribution in [-0.4, -0.2) is 16.1 Å². The second kappa shape index (κ2) is 5.13. The van der Waals surface area contributed by atoms with Crippen LogP contribution < -0.4 is 0 Å². The van der Waals surface area contributed by atoms with Gasteiger partial charge in [0.25, 0.3) is 0 Å². The van der Waals surface area contributed by atoms with E-state index in [0.29, 0.717) is 0 Å². The summed E-state index contributed by atoms with van der Waals surface area (Å²) >= 11 is 5.75. The van der Waals surface area contributed by atoms with Crippen molar-refractivity contribution in [3.8, 4) is 11.3 Å². The van der Waals surface area contributed by atoms with Crippen molar-refractivity contribution in [2.75, 3.05) is 0 Å². The lowest BCUT2D eigenvalue weighted by atomic mass is 10.0. The summed E-state index contributed by atoms with van der Waals surface area (Å²) in [4.78, 5) is 14.5. The maximum atomic E-state index is 12.9. The summed E-state index contributed by atoms with van der Waals surface area (Å²) in [6.45, 7) is 0. The molecule has 2 rings (SSSR count). The molecule has 20 heavy (non-hydrogen) atoms. The number of nitrogens with zero attached hydrogens (tertiary/aromatic N) is 1. The third-order valence-electron chi connectivity index (χ3n) is 2.59. The van der Waals surface area contributed by atoms with Crippen molar-refractivity contribution in [3.63, 3.8) is 0 Å². The smallest absolute Gasteiger partial charge is 0.418 e. The van der Waals surface area contributed by atoms with Gasteiger partial charge in [0.1, 0.15) is 0 Å². The van der Waals surface area contributed by atoms with Gasteiger partial charge in [-0.05, 0) is 24.3 Å². The van der Waals surface area contributed by atoms with Crippen LogP contribution in [-0.2, 0) is 6.18 Å². The highest BCUT2D eigenvalue weighted by Crippen LogP contribution is 2.36. The molecule has 1 heterocycles. The number of pyridine rings is 1. The minimum atomic E-state index is -4.55. The monoisotopic (exact) mass is 301 g/mol. The van der Waals surface area contributed by atoms with Gasteiger partial charge in [-0.25, -0.2) is 4.79 Å². The van der Waals surface area contributed by atoms with Gasteiger partial charge in [-0.3, -0.25) is 4.98 Å². The van der Waals surface area contributed by atoms with E-state index in [0.717, 1.165) is 18.2 Å². The molecule has 0 aliphatic heterocycles. The summed E-state index contributed by atoms with van der Waals surface area (Å²) in [5.74, 6) is -1.25. The highest BCUT2D eigenvalue weighted by atomic mass is 35.5. The Hall–Kier alpha value is -2.08. The summed E-state index contributed by atoms with van der Waals surface area (Å²) in [7, 11) is 0. The van der Waals surface area contributed by atoms with Gasteiger partial charge in [-0.1, -0.05) is 17.7 Å². The zero-order chi connectivity index (χ0) is 14.9. The van der Waals surface area contributed by atoms with Crippen LogP contribution in [0.1, 0.15) is 15.9 Å². The molecule has 0 radical (unpaired) electrons. The first-order valence-corrected chi connectivity index (χ1v) is 5.74. The lowest BCUT2D eigenvalue weighted by Gasteiger charge is -2.12. The summed E-state index contributed by atoms with van der Waals surface area (Å²) in [6.07, 6.45) is -3.33. The van der Waals surface area contributed by atoms with Crippen molar-refractivity contribution in [2.45, 2.75) is 6.18 Å². The predicted molar refractivity (Wildman–Crippen MR) is 66.6 cm³/mol. The van der Waals surface area contributed by atoms with Gasteiger partial charge in [-0.15, -0.1) is 0 Å². The molecule has 0 bridgehead atoms. The van der Waals surface area contributed by atoms with E-state index in [1.165, 1.54) is 18.3 Å². The molecule has 0 aliphatic carbocycles. The number of carbonyl (C=O) groups is 1. The molecule has 0 unspecified atom stereocenters. The highest BCUT2D eigenvalue weighted by molar-refractivity contribution is 6.33. The number of alkyl halides is 3. The Morgan fingerprint density at radius 1 is 1.25 bits per heavy atom. The number of aromatic nitrogens is 1. The molecule has 104 valence electrons. The third-order valence-corrected chi connectivity index (χ3v) is 2.90. The zero-order valence-electron chi connectivity index (χ0n) is 9.78. The van der Waals surface area contributed by atoms with Crippen molar-refractivity contribution < 1.29 is 23.1 Å². The molecule has 0 saturated carbocycles. The van der Waals surface area contributed by atoms with Gasteiger partial charge >= 0.3 is 12.1 Å². The third kappa shape index (κ3) is 2.75. The lowest BCUT2D eigenvalue weighted by molar-refractivity contribution is -0.137. The van der Waals surface area contributed by atoms with Gasteiger partial charge in [0.2, 0.25) is 0 Å². The molecule has 0 spiro atoms. The predicted octanol–water partition coefficient (Wildman–Crippen LogP) is 4.12. The van der Waals surface area contributed by atoms with Gasteiger partial charge in [-0.2, -0.15) is 13.2 Å². The number of benzene rings is 1. The van der Waals surface area contributed by atoms with E-state index in [1.54, 1.807) is 0 Å². The standard InChI is InChI=1S/C13H7ClF3NO2/c14-10-6-7(3-4-8(10)12(19)20)11-9(13(15,16)17)2-1-5-18-11/h1-6H,(H,19,20). The number of aromatic carboxylic acids is 1. The van der Waals surface area contributed by atoms with Crippen LogP contribution in [0.5, 0.6) is 0 Å². The SMILES string of the molecule is O=C(O)c1ccc(-c2ncccc2C(F)(F)F)cc1Cl. The molecule has 2 aromatic rings. The van der Waals surface area contributed by atoms with Gasteiger partial charge in [0, 0.05) is 11.8 Å². The Labute approximate surface area is 116 Å². The summed E-state index contributed by atoms with van der Waals surface area (Å²) in [6, 6.07) is 5.63. The van der Waals surface area contributed by atoms with E-state index in [2.05, 4.69) is 4.98 Å². The molecule has 1 aromatic heterocycles. The van der Waals surface area contributed by atoms with Crippen molar-refractivity contribution in [1.82, 2.24) is 4.98 Å². The molecule has 1 N–H and O–H groups in total. The normalized spacial score (nSPS) is 11.4. The van der Waals surface area contributed by atoms with E-state index >= 15 is 0 Å². The fourth-order valence-electron chi connectivity index (χ4n) is 1.70. The molecular formula is C13H7ClF3NO2. The van der Waals surface area contributed by atoms with Crippen molar-refractivity contribution in [3.05, 3.63) is 52.7 Å². The van der Waals surface area contributed by atoms with Crippen LogP contribution in [0.15, 0.2) is 36.5 Å². The first-order valence-electron chi connectivity index (χ1n) is 5.36. The molecule has 0 fully saturated rings. The minimum Gasteiger partial charge on any atom is -0.478 e. The quantitative estimate of drug-likeness (QED) is 0.907. The Kier molecular flexibility index (Phi) is 3.67. The number of carboxylic acid groups (broad SMARTS) is 1. The van der Waals surface area contributed by atoms with Crippen LogP contribution in [0.2, 0.25) is 5.02 Å². The van der Waals surface area contributed by atoms with E-state index in [-0.39, 0.29) is 21.8 Å². The van der Waals surface area contributed by atoms with Crippen LogP contribution >= 0.6 is 11.6 Å². The number of rotatable bonds is 2. The lowest BCUT2D eigenvalue weighted by Crippen LogP contribution is -2.08. The van der Waals surface area contributed by atoms with Crippen LogP contribution in [0, 0.1) is 0 Å². The zero-order valence-corrected chi connectivity index (χ0v) is 10.5. The molecule has 0 atom stereocenters. The van der Waals surface area contributed by atoms with Crippen molar-refractivity contribution >= 4 is 17.6 Å². The topological polar surface area (TPSA) is 50.2 Å². The summed E-state index contributed by atoms with van der Waals surface area (Å²) < 4.78 is 38.6. The van der Waals surface area contributed by atoms with E-state index in [1.807, 2.05) is 0 Å². The first-order chi connectivity index (χ1) is 9.30.